The number of nitrogens with zero attached hydrogens (tertiary/aromatic N) is 1. The van der Waals surface area contributed by atoms with E-state index in [-0.39, 0.29) is 51.4 Å². The Morgan fingerprint density at radius 1 is 1.27 bits per heavy atom. The van der Waals surface area contributed by atoms with Gasteiger partial charge in [-0.25, -0.2) is 0 Å². The van der Waals surface area contributed by atoms with Crippen molar-refractivity contribution in [3.8, 4) is 0 Å². The summed E-state index contributed by atoms with van der Waals surface area (Å²) in [5.74, 6) is 0. The Bertz CT molecular complexity index is 113. The van der Waals surface area contributed by atoms with Crippen molar-refractivity contribution in [1.29, 1.82) is 0 Å². The molecule has 0 bridgehead atoms. The minimum atomic E-state index is 0. The fourth-order valence-electron chi connectivity index (χ4n) is 2.09. The Morgan fingerprint density at radius 2 is 2.18 bits per heavy atom. The second-order valence-corrected chi connectivity index (χ2v) is 3.64. The molecule has 2 saturated heterocycles. The Kier molecular flexibility index (Phi) is 4.54. The molecular weight excluding hydrogens is 163 g/mol. The molecule has 11 heavy (non-hydrogen) atoms. The third-order valence-electron chi connectivity index (χ3n) is 2.81. The predicted octanol–water partition coefficient (Wildman–Crippen LogP) is -1.86. The summed E-state index contributed by atoms with van der Waals surface area (Å²) in [5, 5.41) is 7.88. The number of nitrogens with one attached hydrogen (secondary N) is 1. The number of hydrogen-bond donors (Lipinski definition) is 1. The molecule has 0 radical (unpaired) electrons. The molecule has 1 N–H and O–H groups in total. The third-order valence-corrected chi connectivity index (χ3v) is 2.81. The van der Waals surface area contributed by atoms with Gasteiger partial charge in [-0.1, -0.05) is 6.42 Å². The van der Waals surface area contributed by atoms with Crippen molar-refractivity contribution in [1.82, 2.24) is 5.32 Å². The van der Waals surface area contributed by atoms with Crippen molar-refractivity contribution in [2.75, 3.05) is 26.2 Å². The van der Waals surface area contributed by atoms with Crippen LogP contribution in [0.2, 0.25) is 0 Å². The van der Waals surface area contributed by atoms with Gasteiger partial charge in [0.05, 0.1) is 0 Å². The van der Waals surface area contributed by atoms with E-state index in [0.29, 0.717) is 5.41 Å². The standard InChI is InChI=1S/C8H15N2.K/c1-2-8(6-9-4-1)3-5-10-7-8;/h9H,1-7H2;/q-1;+1. The normalized spacial score (nSPS) is 37.1. The first kappa shape index (κ1) is 10.6. The first-order valence-electron chi connectivity index (χ1n) is 4.25. The van der Waals surface area contributed by atoms with Gasteiger partial charge in [0.1, 0.15) is 0 Å². The van der Waals surface area contributed by atoms with E-state index in [2.05, 4.69) is 10.6 Å². The van der Waals surface area contributed by atoms with E-state index in [9.17, 15) is 0 Å². The van der Waals surface area contributed by atoms with Crippen molar-refractivity contribution >= 4 is 0 Å². The van der Waals surface area contributed by atoms with Crippen molar-refractivity contribution in [3.63, 3.8) is 0 Å². The molecule has 0 saturated carbocycles. The molecule has 2 aliphatic rings. The molecule has 2 nitrogen and oxygen atoms in total. The first-order chi connectivity index (χ1) is 4.91. The average molecular weight is 178 g/mol. The van der Waals surface area contributed by atoms with Gasteiger partial charge in [-0.15, -0.1) is 13.1 Å². The summed E-state index contributed by atoms with van der Waals surface area (Å²) in [6.45, 7) is 4.68. The van der Waals surface area contributed by atoms with Crippen molar-refractivity contribution in [2.45, 2.75) is 19.3 Å². The van der Waals surface area contributed by atoms with Gasteiger partial charge in [0.2, 0.25) is 0 Å². The minimum absolute atomic E-state index is 0. The molecule has 0 aliphatic carbocycles. The van der Waals surface area contributed by atoms with E-state index in [1.165, 1.54) is 32.4 Å². The number of hydrogen-bond acceptors (Lipinski definition) is 1. The van der Waals surface area contributed by atoms with Crippen LogP contribution in [0.15, 0.2) is 0 Å². The van der Waals surface area contributed by atoms with Gasteiger partial charge in [0.15, 0.2) is 0 Å². The largest absolute Gasteiger partial charge is 1.00 e. The molecule has 0 aromatic carbocycles. The van der Waals surface area contributed by atoms with E-state index < -0.39 is 0 Å². The van der Waals surface area contributed by atoms with Crippen LogP contribution in [0.3, 0.4) is 0 Å². The molecule has 1 atom stereocenters. The van der Waals surface area contributed by atoms with Crippen LogP contribution >= 0.6 is 0 Å². The maximum atomic E-state index is 4.42. The van der Waals surface area contributed by atoms with Gasteiger partial charge < -0.3 is 10.6 Å². The van der Waals surface area contributed by atoms with Crippen LogP contribution < -0.4 is 56.7 Å². The van der Waals surface area contributed by atoms with Crippen molar-refractivity contribution < 1.29 is 51.4 Å². The van der Waals surface area contributed by atoms with Crippen LogP contribution in [0.1, 0.15) is 19.3 Å². The van der Waals surface area contributed by atoms with Gasteiger partial charge in [-0.05, 0) is 31.3 Å². The summed E-state index contributed by atoms with van der Waals surface area (Å²) in [4.78, 5) is 0. The SMILES string of the molecule is C1CNCC2(C1)CC[N-]C2.[K+]. The third kappa shape index (κ3) is 2.50. The van der Waals surface area contributed by atoms with Crippen molar-refractivity contribution in [3.05, 3.63) is 5.32 Å². The molecule has 1 unspecified atom stereocenters. The zero-order chi connectivity index (χ0) is 6.86. The van der Waals surface area contributed by atoms with Crippen molar-refractivity contribution in [2.24, 2.45) is 5.41 Å². The number of rotatable bonds is 0. The summed E-state index contributed by atoms with van der Waals surface area (Å²) in [6, 6.07) is 0. The monoisotopic (exact) mass is 178 g/mol. The zero-order valence-electron chi connectivity index (χ0n) is 7.40. The fraction of sp³-hybridized carbons (Fsp3) is 1.00. The zero-order valence-corrected chi connectivity index (χ0v) is 10.5. The predicted molar refractivity (Wildman–Crippen MR) is 42.2 cm³/mol. The van der Waals surface area contributed by atoms with Gasteiger partial charge >= 0.3 is 51.4 Å². The second kappa shape index (κ2) is 4.70. The molecule has 2 aliphatic heterocycles. The minimum Gasteiger partial charge on any atom is -0.662 e. The second-order valence-electron chi connectivity index (χ2n) is 3.64. The van der Waals surface area contributed by atoms with Crippen LogP contribution in [0, 0.1) is 5.41 Å². The van der Waals surface area contributed by atoms with Gasteiger partial charge in [-0.3, -0.25) is 0 Å². The quantitative estimate of drug-likeness (QED) is 0.433. The Morgan fingerprint density at radius 3 is 2.73 bits per heavy atom. The molecule has 2 fully saturated rings. The molecule has 0 aromatic heterocycles. The summed E-state index contributed by atoms with van der Waals surface area (Å²) in [7, 11) is 0. The summed E-state index contributed by atoms with van der Waals surface area (Å²) < 4.78 is 0. The van der Waals surface area contributed by atoms with E-state index in [1.54, 1.807) is 0 Å². The summed E-state index contributed by atoms with van der Waals surface area (Å²) >= 11 is 0. The Labute approximate surface area is 111 Å². The topological polar surface area (TPSA) is 26.1 Å². The average Bonchev–Trinajstić information content (AvgIpc) is 2.39. The van der Waals surface area contributed by atoms with E-state index in [4.69, 9.17) is 0 Å². The molecule has 0 amide bonds. The molecule has 58 valence electrons. The molecule has 2 heterocycles. The van der Waals surface area contributed by atoms with E-state index >= 15 is 0 Å². The molecule has 2 rings (SSSR count). The van der Waals surface area contributed by atoms with Crippen LogP contribution in [0.25, 0.3) is 5.32 Å². The van der Waals surface area contributed by atoms with Gasteiger partial charge in [0, 0.05) is 0 Å². The first-order valence-corrected chi connectivity index (χ1v) is 4.25. The van der Waals surface area contributed by atoms with Crippen LogP contribution in [-0.4, -0.2) is 26.2 Å². The van der Waals surface area contributed by atoms with Gasteiger partial charge in [0.25, 0.3) is 0 Å². The molecular formula is C8H15KN2. The summed E-state index contributed by atoms with van der Waals surface area (Å²) in [6.07, 6.45) is 4.10. The van der Waals surface area contributed by atoms with Crippen LogP contribution in [0.4, 0.5) is 0 Å². The maximum absolute atomic E-state index is 4.42. The number of piperidine rings is 1. The Hall–Kier alpha value is 1.56. The van der Waals surface area contributed by atoms with Crippen LogP contribution in [0.5, 0.6) is 0 Å². The molecule has 1 spiro atoms. The summed E-state index contributed by atoms with van der Waals surface area (Å²) in [5.41, 5.74) is 0.595. The molecule has 3 heteroatoms. The molecule has 0 aromatic rings. The van der Waals surface area contributed by atoms with E-state index in [0.717, 1.165) is 13.1 Å². The maximum Gasteiger partial charge on any atom is 1.00 e. The smallest absolute Gasteiger partial charge is 0.662 e. The van der Waals surface area contributed by atoms with Crippen LogP contribution in [-0.2, 0) is 0 Å². The Balaban J connectivity index is 0.000000605. The van der Waals surface area contributed by atoms with E-state index in [1.807, 2.05) is 0 Å². The fourth-order valence-corrected chi connectivity index (χ4v) is 2.09. The van der Waals surface area contributed by atoms with Gasteiger partial charge in [-0.2, -0.15) is 0 Å².